The number of carbonyl (C=O) groups is 1. The van der Waals surface area contributed by atoms with Crippen molar-refractivity contribution in [2.75, 3.05) is 32.6 Å². The van der Waals surface area contributed by atoms with Gasteiger partial charge in [0.15, 0.2) is 11.5 Å². The number of anilines is 1. The SMILES string of the molecule is COc1cc2nc3c(c(NC4CCN(C(N)=O)CC4)c2cc1OC)CCC3. The molecule has 7 nitrogen and oxygen atoms in total. The molecule has 0 unspecified atom stereocenters. The zero-order valence-corrected chi connectivity index (χ0v) is 15.9. The normalized spacial score (nSPS) is 17.0. The average Bonchev–Trinajstić information content (AvgIpc) is 3.15. The molecule has 0 bridgehead atoms. The van der Waals surface area contributed by atoms with Gasteiger partial charge in [-0.2, -0.15) is 0 Å². The molecule has 1 aromatic carbocycles. The molecular weight excluding hydrogens is 344 g/mol. The fraction of sp³-hybridized carbons (Fsp3) is 0.500. The second-order valence-corrected chi connectivity index (χ2v) is 7.23. The molecule has 0 saturated carbocycles. The van der Waals surface area contributed by atoms with Gasteiger partial charge in [0, 0.05) is 42.0 Å². The molecule has 1 fully saturated rings. The molecule has 0 atom stereocenters. The van der Waals surface area contributed by atoms with Crippen molar-refractivity contribution in [1.82, 2.24) is 9.88 Å². The Labute approximate surface area is 158 Å². The number of pyridine rings is 1. The number of urea groups is 1. The Kier molecular flexibility index (Phi) is 4.68. The van der Waals surface area contributed by atoms with E-state index in [9.17, 15) is 4.79 Å². The van der Waals surface area contributed by atoms with E-state index in [-0.39, 0.29) is 6.03 Å². The molecule has 1 aliphatic carbocycles. The number of ether oxygens (including phenoxy) is 2. The van der Waals surface area contributed by atoms with Crippen LogP contribution in [0.1, 0.15) is 30.5 Å². The van der Waals surface area contributed by atoms with E-state index in [1.807, 2.05) is 12.1 Å². The van der Waals surface area contributed by atoms with E-state index in [4.69, 9.17) is 20.2 Å². The van der Waals surface area contributed by atoms with Crippen molar-refractivity contribution in [3.05, 3.63) is 23.4 Å². The van der Waals surface area contributed by atoms with Gasteiger partial charge in [0.25, 0.3) is 0 Å². The highest BCUT2D eigenvalue weighted by molar-refractivity contribution is 5.96. The lowest BCUT2D eigenvalue weighted by molar-refractivity contribution is 0.193. The molecule has 1 aliphatic heterocycles. The first-order valence-corrected chi connectivity index (χ1v) is 9.49. The Hall–Kier alpha value is -2.70. The minimum absolute atomic E-state index is 0.309. The number of likely N-dealkylation sites (tertiary alicyclic amines) is 1. The van der Waals surface area contributed by atoms with Gasteiger partial charge >= 0.3 is 6.03 Å². The highest BCUT2D eigenvalue weighted by atomic mass is 16.5. The van der Waals surface area contributed by atoms with Crippen LogP contribution in [-0.4, -0.2) is 49.3 Å². The Bertz CT molecular complexity index is 875. The minimum atomic E-state index is -0.333. The van der Waals surface area contributed by atoms with Gasteiger partial charge in [-0.25, -0.2) is 4.79 Å². The number of benzene rings is 1. The molecule has 2 aromatic rings. The van der Waals surface area contributed by atoms with Gasteiger partial charge < -0.3 is 25.4 Å². The van der Waals surface area contributed by atoms with Crippen molar-refractivity contribution >= 4 is 22.6 Å². The number of primary amides is 1. The largest absolute Gasteiger partial charge is 0.493 e. The molecule has 3 N–H and O–H groups in total. The minimum Gasteiger partial charge on any atom is -0.493 e. The zero-order chi connectivity index (χ0) is 19.0. The van der Waals surface area contributed by atoms with Gasteiger partial charge in [0.2, 0.25) is 0 Å². The number of piperidine rings is 1. The number of aryl methyl sites for hydroxylation is 1. The molecule has 144 valence electrons. The molecule has 0 spiro atoms. The molecule has 7 heteroatoms. The fourth-order valence-corrected chi connectivity index (χ4v) is 4.20. The Morgan fingerprint density at radius 2 is 1.89 bits per heavy atom. The summed E-state index contributed by atoms with van der Waals surface area (Å²) in [6, 6.07) is 3.94. The monoisotopic (exact) mass is 370 g/mol. The van der Waals surface area contributed by atoms with Gasteiger partial charge in [-0.3, -0.25) is 4.98 Å². The number of carbonyl (C=O) groups excluding carboxylic acids is 1. The van der Waals surface area contributed by atoms with Crippen molar-refractivity contribution in [2.24, 2.45) is 5.73 Å². The summed E-state index contributed by atoms with van der Waals surface area (Å²) in [7, 11) is 3.29. The highest BCUT2D eigenvalue weighted by Gasteiger charge is 2.26. The first-order valence-electron chi connectivity index (χ1n) is 9.49. The summed E-state index contributed by atoms with van der Waals surface area (Å²) >= 11 is 0. The number of nitrogens with zero attached hydrogens (tertiary/aromatic N) is 2. The smallest absolute Gasteiger partial charge is 0.314 e. The third kappa shape index (κ3) is 3.22. The van der Waals surface area contributed by atoms with Crippen LogP contribution in [0.2, 0.25) is 0 Å². The van der Waals surface area contributed by atoms with Gasteiger partial charge in [0.1, 0.15) is 0 Å². The number of fused-ring (bicyclic) bond motifs is 2. The molecular formula is C20H26N4O3. The predicted octanol–water partition coefficient (Wildman–Crippen LogP) is 2.70. The number of nitrogens with one attached hydrogen (secondary N) is 1. The van der Waals surface area contributed by atoms with Gasteiger partial charge in [-0.15, -0.1) is 0 Å². The maximum atomic E-state index is 11.4. The Morgan fingerprint density at radius 3 is 2.56 bits per heavy atom. The summed E-state index contributed by atoms with van der Waals surface area (Å²) in [5.41, 5.74) is 9.97. The number of nitrogens with two attached hydrogens (primary N) is 1. The van der Waals surface area contributed by atoms with Crippen molar-refractivity contribution in [2.45, 2.75) is 38.1 Å². The lowest BCUT2D eigenvalue weighted by atomic mass is 10.0. The standard InChI is InChI=1S/C20H26N4O3/c1-26-17-10-14-16(11-18(17)27-2)23-15-5-3-4-13(15)19(14)22-12-6-8-24(9-7-12)20(21)25/h10-12H,3-9H2,1-2H3,(H2,21,25)(H,22,23). The predicted molar refractivity (Wildman–Crippen MR) is 105 cm³/mol. The van der Waals surface area contributed by atoms with E-state index in [2.05, 4.69) is 5.32 Å². The quantitative estimate of drug-likeness (QED) is 0.864. The van der Waals surface area contributed by atoms with Crippen LogP contribution in [-0.2, 0) is 12.8 Å². The second kappa shape index (κ2) is 7.13. The maximum Gasteiger partial charge on any atom is 0.314 e. The van der Waals surface area contributed by atoms with Crippen LogP contribution in [0.3, 0.4) is 0 Å². The van der Waals surface area contributed by atoms with Crippen LogP contribution >= 0.6 is 0 Å². The van der Waals surface area contributed by atoms with Gasteiger partial charge in [-0.05, 0) is 43.7 Å². The summed E-state index contributed by atoms with van der Waals surface area (Å²) in [4.78, 5) is 18.0. The number of methoxy groups -OCH3 is 2. The van der Waals surface area contributed by atoms with Gasteiger partial charge in [0.05, 0.1) is 19.7 Å². The number of rotatable bonds is 4. The zero-order valence-electron chi connectivity index (χ0n) is 15.9. The second-order valence-electron chi connectivity index (χ2n) is 7.23. The molecule has 0 radical (unpaired) electrons. The van der Waals surface area contributed by atoms with Crippen LogP contribution in [0.25, 0.3) is 10.9 Å². The van der Waals surface area contributed by atoms with Crippen LogP contribution in [0, 0.1) is 0 Å². The van der Waals surface area contributed by atoms with Crippen molar-refractivity contribution in [3.63, 3.8) is 0 Å². The van der Waals surface area contributed by atoms with E-state index in [1.54, 1.807) is 19.1 Å². The lowest BCUT2D eigenvalue weighted by Crippen LogP contribution is -2.44. The maximum absolute atomic E-state index is 11.4. The first-order chi connectivity index (χ1) is 13.1. The number of hydrogen-bond donors (Lipinski definition) is 2. The van der Waals surface area contributed by atoms with Crippen LogP contribution in [0.15, 0.2) is 12.1 Å². The summed E-state index contributed by atoms with van der Waals surface area (Å²) in [5, 5.41) is 4.82. The summed E-state index contributed by atoms with van der Waals surface area (Å²) in [5.74, 6) is 1.40. The molecule has 2 amide bonds. The average molecular weight is 370 g/mol. The third-order valence-electron chi connectivity index (χ3n) is 5.67. The Morgan fingerprint density at radius 1 is 1.19 bits per heavy atom. The molecule has 27 heavy (non-hydrogen) atoms. The number of aromatic nitrogens is 1. The molecule has 1 aromatic heterocycles. The highest BCUT2D eigenvalue weighted by Crippen LogP contribution is 2.40. The fourth-order valence-electron chi connectivity index (χ4n) is 4.20. The van der Waals surface area contributed by atoms with E-state index in [0.717, 1.165) is 48.7 Å². The van der Waals surface area contributed by atoms with Crippen molar-refractivity contribution in [3.8, 4) is 11.5 Å². The first kappa shape index (κ1) is 17.7. The lowest BCUT2D eigenvalue weighted by Gasteiger charge is -2.32. The molecule has 2 heterocycles. The summed E-state index contributed by atoms with van der Waals surface area (Å²) in [6.07, 6.45) is 4.94. The van der Waals surface area contributed by atoms with E-state index < -0.39 is 0 Å². The Balaban J connectivity index is 1.71. The van der Waals surface area contributed by atoms with E-state index >= 15 is 0 Å². The van der Waals surface area contributed by atoms with E-state index in [1.165, 1.54) is 11.3 Å². The van der Waals surface area contributed by atoms with E-state index in [0.29, 0.717) is 30.6 Å². The van der Waals surface area contributed by atoms with Gasteiger partial charge in [-0.1, -0.05) is 0 Å². The molecule has 2 aliphatic rings. The van der Waals surface area contributed by atoms with Crippen LogP contribution < -0.4 is 20.5 Å². The number of hydrogen-bond acceptors (Lipinski definition) is 5. The van der Waals surface area contributed by atoms with Crippen LogP contribution in [0.4, 0.5) is 10.5 Å². The number of amides is 2. The van der Waals surface area contributed by atoms with Crippen molar-refractivity contribution < 1.29 is 14.3 Å². The molecule has 4 rings (SSSR count). The van der Waals surface area contributed by atoms with Crippen LogP contribution in [0.5, 0.6) is 11.5 Å². The van der Waals surface area contributed by atoms with Crippen molar-refractivity contribution in [1.29, 1.82) is 0 Å². The molecule has 1 saturated heterocycles. The third-order valence-corrected chi connectivity index (χ3v) is 5.67. The topological polar surface area (TPSA) is 89.7 Å². The summed E-state index contributed by atoms with van der Waals surface area (Å²) < 4.78 is 11.0. The summed E-state index contributed by atoms with van der Waals surface area (Å²) in [6.45, 7) is 1.38.